The molecule has 4 nitrogen and oxygen atoms in total. The maximum Gasteiger partial charge on any atom is 0.343 e. The normalized spacial score (nSPS) is 10.3. The standard InChI is InChI=1S/C11H14BrNO3/c1-4-15-11(14)9-5-8(12)6-13-10(9)16-7(2)3/h5-7H,4H2,1-3H3. The van der Waals surface area contributed by atoms with Gasteiger partial charge in [-0.3, -0.25) is 0 Å². The Bertz CT molecular complexity index is 379. The number of carbonyl (C=O) groups is 1. The van der Waals surface area contributed by atoms with Gasteiger partial charge in [-0.2, -0.15) is 0 Å². The molecular formula is C11H14BrNO3. The Labute approximate surface area is 103 Å². The van der Waals surface area contributed by atoms with E-state index in [1.165, 1.54) is 0 Å². The molecule has 1 aromatic rings. The molecule has 0 unspecified atom stereocenters. The van der Waals surface area contributed by atoms with Crippen LogP contribution < -0.4 is 4.74 Å². The van der Waals surface area contributed by atoms with E-state index in [0.29, 0.717) is 22.5 Å². The largest absolute Gasteiger partial charge is 0.474 e. The first-order chi connectivity index (χ1) is 7.54. The molecular weight excluding hydrogens is 274 g/mol. The van der Waals surface area contributed by atoms with Gasteiger partial charge >= 0.3 is 5.97 Å². The van der Waals surface area contributed by atoms with Crippen LogP contribution in [0, 0.1) is 0 Å². The molecule has 0 fully saturated rings. The third-order valence-corrected chi connectivity index (χ3v) is 2.09. The van der Waals surface area contributed by atoms with Crippen LogP contribution >= 0.6 is 15.9 Å². The van der Waals surface area contributed by atoms with E-state index < -0.39 is 5.97 Å². The number of esters is 1. The van der Waals surface area contributed by atoms with E-state index in [2.05, 4.69) is 20.9 Å². The van der Waals surface area contributed by atoms with Crippen LogP contribution in [-0.2, 0) is 4.74 Å². The van der Waals surface area contributed by atoms with Crippen molar-refractivity contribution in [3.63, 3.8) is 0 Å². The van der Waals surface area contributed by atoms with Gasteiger partial charge in [-0.05, 0) is 42.8 Å². The number of rotatable bonds is 4. The number of aromatic nitrogens is 1. The minimum absolute atomic E-state index is 0.0400. The molecule has 1 aromatic heterocycles. The first kappa shape index (κ1) is 13.0. The van der Waals surface area contributed by atoms with Crippen molar-refractivity contribution >= 4 is 21.9 Å². The number of hydrogen-bond donors (Lipinski definition) is 0. The van der Waals surface area contributed by atoms with Crippen LogP contribution in [0.15, 0.2) is 16.7 Å². The smallest absolute Gasteiger partial charge is 0.343 e. The first-order valence-corrected chi connectivity index (χ1v) is 5.83. The molecule has 0 aliphatic carbocycles. The molecule has 0 N–H and O–H groups in total. The van der Waals surface area contributed by atoms with Crippen LogP contribution in [0.4, 0.5) is 0 Å². The molecule has 0 bridgehead atoms. The number of hydrogen-bond acceptors (Lipinski definition) is 4. The van der Waals surface area contributed by atoms with Crippen LogP contribution in [0.5, 0.6) is 5.88 Å². The minimum atomic E-state index is -0.424. The fourth-order valence-electron chi connectivity index (χ4n) is 1.10. The lowest BCUT2D eigenvalue weighted by Gasteiger charge is -2.12. The predicted molar refractivity (Wildman–Crippen MR) is 63.7 cm³/mol. The topological polar surface area (TPSA) is 48.4 Å². The Morgan fingerprint density at radius 2 is 2.25 bits per heavy atom. The van der Waals surface area contributed by atoms with Crippen molar-refractivity contribution in [3.8, 4) is 5.88 Å². The molecule has 0 aliphatic heterocycles. The Hall–Kier alpha value is -1.10. The molecule has 0 atom stereocenters. The molecule has 0 radical (unpaired) electrons. The van der Waals surface area contributed by atoms with Crippen LogP contribution in [0.3, 0.4) is 0 Å². The highest BCUT2D eigenvalue weighted by atomic mass is 79.9. The zero-order chi connectivity index (χ0) is 12.1. The first-order valence-electron chi connectivity index (χ1n) is 5.04. The summed E-state index contributed by atoms with van der Waals surface area (Å²) < 4.78 is 11.1. The summed E-state index contributed by atoms with van der Waals surface area (Å²) in [6.07, 6.45) is 1.54. The molecule has 1 rings (SSSR count). The predicted octanol–water partition coefficient (Wildman–Crippen LogP) is 2.81. The summed E-state index contributed by atoms with van der Waals surface area (Å²) in [5.41, 5.74) is 0.338. The molecule has 16 heavy (non-hydrogen) atoms. The second-order valence-electron chi connectivity index (χ2n) is 3.39. The van der Waals surface area contributed by atoms with Crippen LogP contribution in [-0.4, -0.2) is 23.7 Å². The van der Waals surface area contributed by atoms with Gasteiger partial charge in [-0.25, -0.2) is 9.78 Å². The Kier molecular flexibility index (Phi) is 4.73. The van der Waals surface area contributed by atoms with Crippen molar-refractivity contribution in [2.75, 3.05) is 6.61 Å². The van der Waals surface area contributed by atoms with Gasteiger partial charge in [0.25, 0.3) is 0 Å². The van der Waals surface area contributed by atoms with Gasteiger partial charge in [0.05, 0.1) is 12.7 Å². The van der Waals surface area contributed by atoms with E-state index in [0.717, 1.165) is 0 Å². The quantitative estimate of drug-likeness (QED) is 0.799. The van der Waals surface area contributed by atoms with Crippen LogP contribution in [0.25, 0.3) is 0 Å². The SMILES string of the molecule is CCOC(=O)c1cc(Br)cnc1OC(C)C. The van der Waals surface area contributed by atoms with Crippen molar-refractivity contribution in [1.29, 1.82) is 0 Å². The fraction of sp³-hybridized carbons (Fsp3) is 0.455. The van der Waals surface area contributed by atoms with E-state index in [4.69, 9.17) is 9.47 Å². The number of ether oxygens (including phenoxy) is 2. The fourth-order valence-corrected chi connectivity index (χ4v) is 1.43. The van der Waals surface area contributed by atoms with E-state index in [1.54, 1.807) is 19.2 Å². The monoisotopic (exact) mass is 287 g/mol. The molecule has 0 saturated carbocycles. The van der Waals surface area contributed by atoms with Gasteiger partial charge in [0.1, 0.15) is 5.56 Å². The van der Waals surface area contributed by atoms with Crippen molar-refractivity contribution in [2.24, 2.45) is 0 Å². The Balaban J connectivity index is 3.02. The molecule has 0 amide bonds. The highest BCUT2D eigenvalue weighted by molar-refractivity contribution is 9.10. The molecule has 1 heterocycles. The zero-order valence-corrected chi connectivity index (χ0v) is 11.1. The molecule has 0 spiro atoms. The summed E-state index contributed by atoms with van der Waals surface area (Å²) in [6, 6.07) is 1.64. The van der Waals surface area contributed by atoms with Gasteiger partial charge in [0.2, 0.25) is 5.88 Å². The average molecular weight is 288 g/mol. The summed E-state index contributed by atoms with van der Waals surface area (Å²) >= 11 is 3.26. The van der Waals surface area contributed by atoms with E-state index >= 15 is 0 Å². The Morgan fingerprint density at radius 3 is 2.81 bits per heavy atom. The summed E-state index contributed by atoms with van der Waals surface area (Å²) in [5, 5.41) is 0. The number of pyridine rings is 1. The number of carbonyl (C=O) groups excluding carboxylic acids is 1. The highest BCUT2D eigenvalue weighted by Crippen LogP contribution is 2.21. The maximum atomic E-state index is 11.6. The second kappa shape index (κ2) is 5.84. The van der Waals surface area contributed by atoms with E-state index in [1.807, 2.05) is 13.8 Å². The molecule has 5 heteroatoms. The van der Waals surface area contributed by atoms with E-state index in [9.17, 15) is 4.79 Å². The third-order valence-electron chi connectivity index (χ3n) is 1.66. The lowest BCUT2D eigenvalue weighted by atomic mass is 10.3. The van der Waals surface area contributed by atoms with Crippen molar-refractivity contribution in [3.05, 3.63) is 22.3 Å². The average Bonchev–Trinajstić information content (AvgIpc) is 2.20. The zero-order valence-electron chi connectivity index (χ0n) is 9.49. The van der Waals surface area contributed by atoms with Gasteiger partial charge in [-0.1, -0.05) is 0 Å². The lowest BCUT2D eigenvalue weighted by molar-refractivity contribution is 0.0518. The van der Waals surface area contributed by atoms with Gasteiger partial charge in [-0.15, -0.1) is 0 Å². The lowest BCUT2D eigenvalue weighted by Crippen LogP contribution is -2.13. The van der Waals surface area contributed by atoms with Gasteiger partial charge in [0, 0.05) is 10.7 Å². The third kappa shape index (κ3) is 3.48. The maximum absolute atomic E-state index is 11.6. The highest BCUT2D eigenvalue weighted by Gasteiger charge is 2.16. The van der Waals surface area contributed by atoms with Crippen molar-refractivity contribution < 1.29 is 14.3 Å². The van der Waals surface area contributed by atoms with Crippen molar-refractivity contribution in [1.82, 2.24) is 4.98 Å². The van der Waals surface area contributed by atoms with Crippen LogP contribution in [0.2, 0.25) is 0 Å². The molecule has 0 aliphatic rings. The van der Waals surface area contributed by atoms with Crippen molar-refractivity contribution in [2.45, 2.75) is 26.9 Å². The summed E-state index contributed by atoms with van der Waals surface area (Å²) in [4.78, 5) is 15.7. The second-order valence-corrected chi connectivity index (χ2v) is 4.31. The number of nitrogens with zero attached hydrogens (tertiary/aromatic N) is 1. The number of halogens is 1. The Morgan fingerprint density at radius 1 is 1.56 bits per heavy atom. The van der Waals surface area contributed by atoms with Gasteiger partial charge in [0.15, 0.2) is 0 Å². The molecule has 0 aromatic carbocycles. The van der Waals surface area contributed by atoms with Crippen LogP contribution in [0.1, 0.15) is 31.1 Å². The van der Waals surface area contributed by atoms with E-state index in [-0.39, 0.29) is 6.10 Å². The molecule has 88 valence electrons. The summed E-state index contributed by atoms with van der Waals surface area (Å²) in [7, 11) is 0. The summed E-state index contributed by atoms with van der Waals surface area (Å²) in [6.45, 7) is 5.83. The minimum Gasteiger partial charge on any atom is -0.474 e. The summed E-state index contributed by atoms with van der Waals surface area (Å²) in [5.74, 6) is -0.122. The van der Waals surface area contributed by atoms with Gasteiger partial charge < -0.3 is 9.47 Å². The molecule has 0 saturated heterocycles.